The molecule has 0 saturated carbocycles. The fraction of sp³-hybridized carbons (Fsp3) is 0.176. The second-order valence-corrected chi connectivity index (χ2v) is 5.15. The van der Waals surface area contributed by atoms with E-state index in [2.05, 4.69) is 5.32 Å². The van der Waals surface area contributed by atoms with Gasteiger partial charge in [0.2, 0.25) is 11.8 Å². The highest BCUT2D eigenvalue weighted by molar-refractivity contribution is 6.03. The Labute approximate surface area is 136 Å². The normalized spacial score (nSPS) is 11.7. The maximum Gasteiger partial charge on any atom is 0.233 e. The predicted octanol–water partition coefficient (Wildman–Crippen LogP) is 3.31. The number of nitrogens with one attached hydrogen (secondary N) is 2. The average Bonchev–Trinajstić information content (AvgIpc) is 2.56. The monoisotopic (exact) mass is 336 g/mol. The lowest BCUT2D eigenvalue weighted by atomic mass is 10.1. The molecular formula is C17H15F3N2O2. The number of carbonyl (C=O) groups excluding carboxylic acids is 2. The first-order valence-electron chi connectivity index (χ1n) is 7.16. The molecule has 1 unspecified atom stereocenters. The first-order chi connectivity index (χ1) is 11.4. The number of rotatable bonds is 5. The lowest BCUT2D eigenvalue weighted by molar-refractivity contribution is -0.127. The summed E-state index contributed by atoms with van der Waals surface area (Å²) in [6.07, 6.45) is -0.574. The van der Waals surface area contributed by atoms with Gasteiger partial charge in [0.1, 0.15) is 6.42 Å². The molecule has 0 spiro atoms. The Morgan fingerprint density at radius 3 is 2.29 bits per heavy atom. The molecule has 2 amide bonds. The van der Waals surface area contributed by atoms with Crippen molar-refractivity contribution in [1.29, 1.82) is 0 Å². The summed E-state index contributed by atoms with van der Waals surface area (Å²) in [6, 6.07) is 10.4. The van der Waals surface area contributed by atoms with Gasteiger partial charge in [-0.2, -0.15) is 0 Å². The number of amides is 2. The van der Waals surface area contributed by atoms with Crippen LogP contribution in [0.5, 0.6) is 0 Å². The molecule has 2 N–H and O–H groups in total. The molecule has 7 heteroatoms. The van der Waals surface area contributed by atoms with Crippen LogP contribution in [0.1, 0.15) is 24.9 Å². The first-order valence-corrected chi connectivity index (χ1v) is 7.16. The molecule has 0 heterocycles. The third kappa shape index (κ3) is 4.34. The summed E-state index contributed by atoms with van der Waals surface area (Å²) < 4.78 is 39.4. The van der Waals surface area contributed by atoms with Crippen LogP contribution < -0.4 is 10.6 Å². The van der Waals surface area contributed by atoms with Crippen LogP contribution in [-0.4, -0.2) is 11.8 Å². The van der Waals surface area contributed by atoms with Crippen LogP contribution >= 0.6 is 0 Å². The summed E-state index contributed by atoms with van der Waals surface area (Å²) in [7, 11) is 0. The molecule has 0 aliphatic carbocycles. The molecule has 0 bridgehead atoms. The molecule has 0 aliphatic rings. The summed E-state index contributed by atoms with van der Waals surface area (Å²) in [5.41, 5.74) is 0.334. The van der Waals surface area contributed by atoms with Gasteiger partial charge in [-0.25, -0.2) is 13.2 Å². The van der Waals surface area contributed by atoms with Crippen molar-refractivity contribution < 1.29 is 22.8 Å². The molecule has 0 radical (unpaired) electrons. The fourth-order valence-corrected chi connectivity index (χ4v) is 2.08. The molecular weight excluding hydrogens is 321 g/mol. The second-order valence-electron chi connectivity index (χ2n) is 5.15. The number of carbonyl (C=O) groups is 2. The maximum atomic E-state index is 13.5. The van der Waals surface area contributed by atoms with E-state index in [1.165, 1.54) is 0 Å². The second kappa shape index (κ2) is 7.63. The van der Waals surface area contributed by atoms with E-state index in [0.29, 0.717) is 6.07 Å². The van der Waals surface area contributed by atoms with Crippen molar-refractivity contribution in [2.75, 3.05) is 5.32 Å². The lowest BCUT2D eigenvalue weighted by Gasteiger charge is -2.14. The van der Waals surface area contributed by atoms with Gasteiger partial charge in [0.05, 0.1) is 11.7 Å². The maximum absolute atomic E-state index is 13.5. The van der Waals surface area contributed by atoms with Gasteiger partial charge in [0.15, 0.2) is 17.5 Å². The molecule has 2 rings (SSSR count). The Balaban J connectivity index is 1.93. The van der Waals surface area contributed by atoms with Gasteiger partial charge in [-0.3, -0.25) is 9.59 Å². The topological polar surface area (TPSA) is 58.2 Å². The zero-order valence-corrected chi connectivity index (χ0v) is 12.8. The molecule has 2 aromatic rings. The van der Waals surface area contributed by atoms with Crippen LogP contribution in [0.4, 0.5) is 18.9 Å². The van der Waals surface area contributed by atoms with Gasteiger partial charge in [-0.1, -0.05) is 30.3 Å². The number of hydrogen-bond acceptors (Lipinski definition) is 2. The van der Waals surface area contributed by atoms with E-state index in [1.54, 1.807) is 6.92 Å². The van der Waals surface area contributed by atoms with Crippen molar-refractivity contribution >= 4 is 17.5 Å². The molecule has 0 aromatic heterocycles. The van der Waals surface area contributed by atoms with E-state index in [1.807, 2.05) is 35.6 Å². The molecule has 4 nitrogen and oxygen atoms in total. The van der Waals surface area contributed by atoms with Crippen LogP contribution in [0.2, 0.25) is 0 Å². The van der Waals surface area contributed by atoms with Gasteiger partial charge in [0.25, 0.3) is 0 Å². The first kappa shape index (κ1) is 17.5. The summed E-state index contributed by atoms with van der Waals surface area (Å²) in [4.78, 5) is 23.6. The minimum absolute atomic E-state index is 0.313. The Kier molecular flexibility index (Phi) is 5.57. The van der Waals surface area contributed by atoms with E-state index in [4.69, 9.17) is 0 Å². The van der Waals surface area contributed by atoms with Gasteiger partial charge < -0.3 is 10.6 Å². The number of hydrogen-bond donors (Lipinski definition) is 2. The van der Waals surface area contributed by atoms with Crippen molar-refractivity contribution in [3.63, 3.8) is 0 Å². The summed E-state index contributed by atoms with van der Waals surface area (Å²) in [5.74, 6) is -5.97. The summed E-state index contributed by atoms with van der Waals surface area (Å²) in [5, 5.41) is 4.66. The Hall–Kier alpha value is -2.83. The molecule has 2 aromatic carbocycles. The van der Waals surface area contributed by atoms with Crippen molar-refractivity contribution in [2.45, 2.75) is 19.4 Å². The number of halogens is 3. The zero-order chi connectivity index (χ0) is 17.7. The Bertz CT molecular complexity index is 751. The fourth-order valence-electron chi connectivity index (χ4n) is 2.08. The van der Waals surface area contributed by atoms with E-state index in [9.17, 15) is 22.8 Å². The zero-order valence-electron chi connectivity index (χ0n) is 12.8. The minimum atomic E-state index is -1.69. The van der Waals surface area contributed by atoms with E-state index >= 15 is 0 Å². The molecule has 0 fully saturated rings. The molecule has 126 valence electrons. The third-order valence-electron chi connectivity index (χ3n) is 3.31. The highest BCUT2D eigenvalue weighted by atomic mass is 19.2. The van der Waals surface area contributed by atoms with Crippen LogP contribution in [0, 0.1) is 17.5 Å². The van der Waals surface area contributed by atoms with Crippen LogP contribution in [0.25, 0.3) is 0 Å². The lowest BCUT2D eigenvalue weighted by Crippen LogP contribution is -2.30. The summed E-state index contributed by atoms with van der Waals surface area (Å²) >= 11 is 0. The average molecular weight is 336 g/mol. The van der Waals surface area contributed by atoms with Gasteiger partial charge in [-0.15, -0.1) is 0 Å². The van der Waals surface area contributed by atoms with Crippen molar-refractivity contribution in [2.24, 2.45) is 0 Å². The Morgan fingerprint density at radius 1 is 0.958 bits per heavy atom. The van der Waals surface area contributed by atoms with Crippen molar-refractivity contribution in [3.05, 3.63) is 65.5 Å². The number of benzene rings is 2. The van der Waals surface area contributed by atoms with Gasteiger partial charge in [-0.05, 0) is 24.6 Å². The SMILES string of the molecule is CC(NC(=O)CC(=O)Nc1ccc(F)c(F)c1F)c1ccccc1. The van der Waals surface area contributed by atoms with Crippen LogP contribution in [0.15, 0.2) is 42.5 Å². The standard InChI is InChI=1S/C17H15F3N2O2/c1-10(11-5-3-2-4-6-11)21-14(23)9-15(24)22-13-8-7-12(18)16(19)17(13)20/h2-8,10H,9H2,1H3,(H,21,23)(H,22,24). The quantitative estimate of drug-likeness (QED) is 0.650. The third-order valence-corrected chi connectivity index (χ3v) is 3.31. The van der Waals surface area contributed by atoms with E-state index in [-0.39, 0.29) is 6.04 Å². The molecule has 0 aliphatic heterocycles. The highest BCUT2D eigenvalue weighted by Gasteiger charge is 2.17. The number of anilines is 1. The van der Waals surface area contributed by atoms with Crippen molar-refractivity contribution in [1.82, 2.24) is 5.32 Å². The molecule has 24 heavy (non-hydrogen) atoms. The highest BCUT2D eigenvalue weighted by Crippen LogP contribution is 2.19. The molecule has 0 saturated heterocycles. The minimum Gasteiger partial charge on any atom is -0.349 e. The Morgan fingerprint density at radius 2 is 1.62 bits per heavy atom. The van der Waals surface area contributed by atoms with Gasteiger partial charge >= 0.3 is 0 Å². The van der Waals surface area contributed by atoms with E-state index in [0.717, 1.165) is 11.6 Å². The van der Waals surface area contributed by atoms with Crippen molar-refractivity contribution in [3.8, 4) is 0 Å². The largest absolute Gasteiger partial charge is 0.349 e. The van der Waals surface area contributed by atoms with Gasteiger partial charge in [0, 0.05) is 0 Å². The predicted molar refractivity (Wildman–Crippen MR) is 82.6 cm³/mol. The van der Waals surface area contributed by atoms with Crippen LogP contribution in [0.3, 0.4) is 0 Å². The summed E-state index contributed by atoms with van der Waals surface area (Å²) in [6.45, 7) is 1.75. The molecule has 1 atom stereocenters. The smallest absolute Gasteiger partial charge is 0.233 e. The van der Waals surface area contributed by atoms with Crippen LogP contribution in [-0.2, 0) is 9.59 Å². The van der Waals surface area contributed by atoms with E-state index < -0.39 is 41.4 Å².